The van der Waals surface area contributed by atoms with Crippen molar-refractivity contribution in [2.75, 3.05) is 0 Å². The van der Waals surface area contributed by atoms with E-state index in [9.17, 15) is 13.2 Å². The van der Waals surface area contributed by atoms with Crippen molar-refractivity contribution < 1.29 is 13.2 Å². The van der Waals surface area contributed by atoms with E-state index < -0.39 is 11.7 Å². The average Bonchev–Trinajstić information content (AvgIpc) is 3.30. The summed E-state index contributed by atoms with van der Waals surface area (Å²) in [6.07, 6.45) is 2.22. The fourth-order valence-corrected chi connectivity index (χ4v) is 4.81. The van der Waals surface area contributed by atoms with Crippen LogP contribution in [0.3, 0.4) is 0 Å². The maximum absolute atomic E-state index is 12.8. The van der Waals surface area contributed by atoms with E-state index >= 15 is 0 Å². The van der Waals surface area contributed by atoms with Crippen molar-refractivity contribution in [3.63, 3.8) is 0 Å². The van der Waals surface area contributed by atoms with Crippen LogP contribution in [0.2, 0.25) is 0 Å². The van der Waals surface area contributed by atoms with Crippen LogP contribution in [0.4, 0.5) is 13.2 Å². The van der Waals surface area contributed by atoms with Gasteiger partial charge in [-0.1, -0.05) is 31.4 Å². The molecule has 28 heavy (non-hydrogen) atoms. The lowest BCUT2D eigenvalue weighted by Gasteiger charge is -2.24. The Hall–Kier alpha value is -2.08. The molecule has 3 aromatic rings. The van der Waals surface area contributed by atoms with Crippen molar-refractivity contribution in [2.24, 2.45) is 5.92 Å². The lowest BCUT2D eigenvalue weighted by Crippen LogP contribution is -2.15. The first-order chi connectivity index (χ1) is 13.4. The second-order valence-electron chi connectivity index (χ2n) is 7.59. The predicted molar refractivity (Wildman–Crippen MR) is 107 cm³/mol. The third-order valence-electron chi connectivity index (χ3n) is 5.59. The van der Waals surface area contributed by atoms with Gasteiger partial charge in [-0.15, -0.1) is 11.3 Å². The van der Waals surface area contributed by atoms with Crippen LogP contribution in [0.5, 0.6) is 0 Å². The summed E-state index contributed by atoms with van der Waals surface area (Å²) < 4.78 is 40.7. The second kappa shape index (κ2) is 7.74. The molecule has 0 N–H and O–H groups in total. The molecule has 2 heterocycles. The van der Waals surface area contributed by atoms with E-state index in [1.54, 1.807) is 0 Å². The molecule has 0 aliphatic heterocycles. The number of hydrogen-bond donors (Lipinski definition) is 0. The topological polar surface area (TPSA) is 17.8 Å². The summed E-state index contributed by atoms with van der Waals surface area (Å²) in [7, 11) is 0. The Kier molecular flexibility index (Phi) is 5.32. The van der Waals surface area contributed by atoms with Gasteiger partial charge in [0, 0.05) is 23.2 Å². The van der Waals surface area contributed by atoms with Crippen molar-refractivity contribution in [2.45, 2.75) is 51.7 Å². The molecule has 0 amide bonds. The number of nitrogens with zero attached hydrogens (tertiary/aromatic N) is 2. The highest BCUT2D eigenvalue weighted by Gasteiger charge is 2.30. The van der Waals surface area contributed by atoms with Gasteiger partial charge >= 0.3 is 6.18 Å². The van der Waals surface area contributed by atoms with Crippen LogP contribution >= 0.6 is 11.3 Å². The molecular weight excluding hydrogens is 381 g/mol. The summed E-state index contributed by atoms with van der Waals surface area (Å²) in [6, 6.07) is 9.45. The molecule has 1 saturated carbocycles. The molecule has 148 valence electrons. The fraction of sp³-hybridized carbons (Fsp3) is 0.409. The molecule has 1 aliphatic rings. The van der Waals surface area contributed by atoms with Gasteiger partial charge in [-0.05, 0) is 49.9 Å². The molecule has 0 atom stereocenters. The number of rotatable bonds is 4. The Morgan fingerprint density at radius 2 is 1.75 bits per heavy atom. The molecule has 6 heteroatoms. The summed E-state index contributed by atoms with van der Waals surface area (Å²) in [6.45, 7) is 3.14. The van der Waals surface area contributed by atoms with E-state index in [1.807, 2.05) is 5.38 Å². The van der Waals surface area contributed by atoms with Crippen molar-refractivity contribution in [1.29, 1.82) is 0 Å². The Morgan fingerprint density at radius 1 is 1.04 bits per heavy atom. The molecule has 1 aromatic carbocycles. The first kappa shape index (κ1) is 19.2. The van der Waals surface area contributed by atoms with Gasteiger partial charge in [0.25, 0.3) is 0 Å². The lowest BCUT2D eigenvalue weighted by atomic mass is 9.89. The van der Waals surface area contributed by atoms with Gasteiger partial charge in [-0.3, -0.25) is 0 Å². The van der Waals surface area contributed by atoms with Crippen molar-refractivity contribution in [1.82, 2.24) is 9.55 Å². The van der Waals surface area contributed by atoms with Crippen LogP contribution in [-0.4, -0.2) is 9.55 Å². The highest BCUT2D eigenvalue weighted by molar-refractivity contribution is 7.13. The average molecular weight is 405 g/mol. The normalized spacial score (nSPS) is 15.9. The number of benzene rings is 1. The van der Waals surface area contributed by atoms with Gasteiger partial charge in [-0.2, -0.15) is 13.2 Å². The first-order valence-electron chi connectivity index (χ1n) is 9.71. The smallest absolute Gasteiger partial charge is 0.343 e. The minimum atomic E-state index is -4.32. The summed E-state index contributed by atoms with van der Waals surface area (Å²) in [5, 5.41) is 2.74. The Morgan fingerprint density at radius 3 is 2.43 bits per heavy atom. The van der Waals surface area contributed by atoms with Crippen molar-refractivity contribution >= 4 is 11.3 Å². The van der Waals surface area contributed by atoms with Crippen molar-refractivity contribution in [3.8, 4) is 22.0 Å². The number of aryl methyl sites for hydroxylation is 1. The zero-order chi connectivity index (χ0) is 19.7. The minimum Gasteiger partial charge on any atom is -0.343 e. The summed E-state index contributed by atoms with van der Waals surface area (Å²) in [5.74, 6) is 0.714. The van der Waals surface area contributed by atoms with Gasteiger partial charge < -0.3 is 4.57 Å². The maximum Gasteiger partial charge on any atom is 0.416 e. The number of halogens is 3. The van der Waals surface area contributed by atoms with Gasteiger partial charge in [0.15, 0.2) is 0 Å². The van der Waals surface area contributed by atoms with Gasteiger partial charge in [0.1, 0.15) is 5.01 Å². The number of aromatic nitrogens is 2. The summed E-state index contributed by atoms with van der Waals surface area (Å²) in [5.41, 5.74) is 3.29. The monoisotopic (exact) mass is 404 g/mol. The molecular formula is C22H23F3N2S. The first-order valence-corrected chi connectivity index (χ1v) is 10.6. The molecule has 0 saturated heterocycles. The fourth-order valence-electron chi connectivity index (χ4n) is 3.99. The Balaban J connectivity index is 1.58. The molecule has 4 rings (SSSR count). The lowest BCUT2D eigenvalue weighted by molar-refractivity contribution is -0.137. The largest absolute Gasteiger partial charge is 0.416 e. The van der Waals surface area contributed by atoms with Crippen LogP contribution < -0.4 is 0 Å². The molecule has 0 unspecified atom stereocenters. The highest BCUT2D eigenvalue weighted by Crippen LogP contribution is 2.34. The molecule has 1 fully saturated rings. The number of thiazole rings is 1. The van der Waals surface area contributed by atoms with E-state index in [-0.39, 0.29) is 0 Å². The van der Waals surface area contributed by atoms with Crippen LogP contribution in [0.15, 0.2) is 41.8 Å². The third kappa shape index (κ3) is 4.02. The zero-order valence-electron chi connectivity index (χ0n) is 15.8. The molecule has 0 bridgehead atoms. The van der Waals surface area contributed by atoms with E-state index in [4.69, 9.17) is 4.98 Å². The van der Waals surface area contributed by atoms with Crippen LogP contribution in [-0.2, 0) is 12.7 Å². The third-order valence-corrected chi connectivity index (χ3v) is 6.48. The molecule has 2 aromatic heterocycles. The van der Waals surface area contributed by atoms with Crippen molar-refractivity contribution in [3.05, 3.63) is 53.0 Å². The summed E-state index contributed by atoms with van der Waals surface area (Å²) >= 11 is 1.47. The molecule has 0 radical (unpaired) electrons. The SMILES string of the molecule is Cc1ccc(-c2csc(-c3ccc(C(F)(F)F)cc3)n2)n1CC1CCCCC1. The van der Waals surface area contributed by atoms with E-state index in [0.717, 1.165) is 35.1 Å². The predicted octanol–water partition coefficient (Wildman–Crippen LogP) is 7.19. The standard InChI is InChI=1S/C22H23F3N2S/c1-15-7-12-20(27(15)13-16-5-3-2-4-6-16)19-14-28-21(26-19)17-8-10-18(11-9-17)22(23,24)25/h7-12,14,16H,2-6,13H2,1H3. The van der Waals surface area contributed by atoms with Gasteiger partial charge in [0.2, 0.25) is 0 Å². The zero-order valence-corrected chi connectivity index (χ0v) is 16.6. The Bertz CT molecular complexity index is 932. The van der Waals surface area contributed by atoms with E-state index in [2.05, 4.69) is 23.6 Å². The van der Waals surface area contributed by atoms with Gasteiger partial charge in [-0.25, -0.2) is 4.98 Å². The van der Waals surface area contributed by atoms with E-state index in [0.29, 0.717) is 11.5 Å². The highest BCUT2D eigenvalue weighted by atomic mass is 32.1. The van der Waals surface area contributed by atoms with Crippen LogP contribution in [0, 0.1) is 12.8 Å². The van der Waals surface area contributed by atoms with E-state index in [1.165, 1.54) is 61.3 Å². The van der Waals surface area contributed by atoms with Crippen LogP contribution in [0.1, 0.15) is 43.4 Å². The quantitative estimate of drug-likeness (QED) is 0.450. The maximum atomic E-state index is 12.8. The molecule has 1 aliphatic carbocycles. The number of hydrogen-bond acceptors (Lipinski definition) is 2. The molecule has 2 nitrogen and oxygen atoms in total. The van der Waals surface area contributed by atoms with Gasteiger partial charge in [0.05, 0.1) is 17.0 Å². The minimum absolute atomic E-state index is 0.634. The van der Waals surface area contributed by atoms with Crippen LogP contribution in [0.25, 0.3) is 22.0 Å². The second-order valence-corrected chi connectivity index (χ2v) is 8.45. The summed E-state index contributed by atoms with van der Waals surface area (Å²) in [4.78, 5) is 4.73. The molecule has 0 spiro atoms. The number of alkyl halides is 3. The Labute approximate surface area is 167 Å².